The second-order valence-electron chi connectivity index (χ2n) is 5.77. The summed E-state index contributed by atoms with van der Waals surface area (Å²) in [7, 11) is -0.721. The van der Waals surface area contributed by atoms with Crippen LogP contribution < -0.4 is 4.72 Å². The summed E-state index contributed by atoms with van der Waals surface area (Å²) in [6.07, 6.45) is 0. The number of carbonyl (C=O) groups excluding carboxylic acids is 1. The average molecular weight is 367 g/mol. The molecule has 0 aliphatic rings. The van der Waals surface area contributed by atoms with Crippen LogP contribution in [0.5, 0.6) is 0 Å². The average Bonchev–Trinajstić information content (AvgIpc) is 2.49. The van der Waals surface area contributed by atoms with Crippen LogP contribution >= 0.6 is 11.6 Å². The number of rotatable bonds is 4. The number of nitrogens with zero attached hydrogens (tertiary/aromatic N) is 1. The molecule has 2 rings (SSSR count). The van der Waals surface area contributed by atoms with Crippen LogP contribution in [0.2, 0.25) is 5.02 Å². The van der Waals surface area contributed by atoms with E-state index in [2.05, 4.69) is 4.72 Å². The minimum atomic E-state index is -3.91. The highest BCUT2D eigenvalue weighted by Crippen LogP contribution is 2.27. The molecule has 0 radical (unpaired) electrons. The number of aryl methyl sites for hydroxylation is 2. The van der Waals surface area contributed by atoms with Crippen LogP contribution in [-0.2, 0) is 10.0 Å². The number of amides is 1. The molecule has 0 saturated heterocycles. The molecule has 0 saturated carbocycles. The topological polar surface area (TPSA) is 66.5 Å². The maximum absolute atomic E-state index is 12.7. The van der Waals surface area contributed by atoms with Crippen molar-refractivity contribution in [3.05, 3.63) is 58.1 Å². The van der Waals surface area contributed by atoms with E-state index >= 15 is 0 Å². The van der Waals surface area contributed by atoms with Gasteiger partial charge >= 0.3 is 0 Å². The lowest BCUT2D eigenvalue weighted by Gasteiger charge is -2.14. The fraction of sp³-hybridized carbons (Fsp3) is 0.235. The summed E-state index contributed by atoms with van der Waals surface area (Å²) in [5.74, 6) is -0.297. The molecule has 7 heteroatoms. The molecule has 0 aromatic heterocycles. The zero-order valence-corrected chi connectivity index (χ0v) is 15.5. The summed E-state index contributed by atoms with van der Waals surface area (Å²) in [6, 6.07) is 9.60. The highest BCUT2D eigenvalue weighted by molar-refractivity contribution is 7.92. The molecule has 24 heavy (non-hydrogen) atoms. The number of carbonyl (C=O) groups is 1. The SMILES string of the molecule is Cc1ccc(NS(=O)(=O)c2cc(C(=O)N(C)C)ccc2Cl)c(C)c1. The Morgan fingerprint density at radius 3 is 2.33 bits per heavy atom. The Kier molecular flexibility index (Phi) is 5.20. The number of benzene rings is 2. The van der Waals surface area contributed by atoms with E-state index in [9.17, 15) is 13.2 Å². The van der Waals surface area contributed by atoms with Gasteiger partial charge in [0.2, 0.25) is 0 Å². The van der Waals surface area contributed by atoms with E-state index in [0.717, 1.165) is 11.1 Å². The molecule has 5 nitrogen and oxygen atoms in total. The van der Waals surface area contributed by atoms with Gasteiger partial charge in [-0.1, -0.05) is 29.3 Å². The number of halogens is 1. The van der Waals surface area contributed by atoms with Gasteiger partial charge in [-0.15, -0.1) is 0 Å². The van der Waals surface area contributed by atoms with E-state index in [4.69, 9.17) is 11.6 Å². The number of sulfonamides is 1. The van der Waals surface area contributed by atoms with Crippen molar-refractivity contribution in [2.24, 2.45) is 0 Å². The van der Waals surface area contributed by atoms with Crippen molar-refractivity contribution < 1.29 is 13.2 Å². The molecule has 0 aliphatic carbocycles. The first-order valence-corrected chi connectivity index (χ1v) is 9.09. The third kappa shape index (κ3) is 3.88. The van der Waals surface area contributed by atoms with Gasteiger partial charge in [0, 0.05) is 19.7 Å². The van der Waals surface area contributed by atoms with Gasteiger partial charge < -0.3 is 4.90 Å². The van der Waals surface area contributed by atoms with Gasteiger partial charge in [0.25, 0.3) is 15.9 Å². The summed E-state index contributed by atoms with van der Waals surface area (Å²) in [5.41, 5.74) is 2.56. The molecule has 1 amide bonds. The van der Waals surface area contributed by atoms with Gasteiger partial charge in [0.1, 0.15) is 4.90 Å². The molecule has 128 valence electrons. The highest BCUT2D eigenvalue weighted by atomic mass is 35.5. The number of hydrogen-bond donors (Lipinski definition) is 1. The Bertz CT molecular complexity index is 893. The molecule has 0 atom stereocenters. The van der Waals surface area contributed by atoms with Gasteiger partial charge in [0.05, 0.1) is 10.7 Å². The summed E-state index contributed by atoms with van der Waals surface area (Å²) in [6.45, 7) is 3.75. The first-order chi connectivity index (χ1) is 11.1. The van der Waals surface area contributed by atoms with E-state index in [-0.39, 0.29) is 21.4 Å². The largest absolute Gasteiger partial charge is 0.345 e. The second kappa shape index (κ2) is 6.83. The van der Waals surface area contributed by atoms with Crippen LogP contribution in [0, 0.1) is 13.8 Å². The van der Waals surface area contributed by atoms with Crippen LogP contribution in [0.4, 0.5) is 5.69 Å². The van der Waals surface area contributed by atoms with Gasteiger partial charge in [-0.3, -0.25) is 9.52 Å². The van der Waals surface area contributed by atoms with Crippen molar-refractivity contribution in [1.29, 1.82) is 0 Å². The minimum absolute atomic E-state index is 0.0579. The smallest absolute Gasteiger partial charge is 0.263 e. The Hall–Kier alpha value is -2.05. The third-order valence-electron chi connectivity index (χ3n) is 3.50. The van der Waals surface area contributed by atoms with Crippen molar-refractivity contribution in [3.63, 3.8) is 0 Å². The number of nitrogens with one attached hydrogen (secondary N) is 1. The van der Waals surface area contributed by atoms with Crippen LogP contribution in [0.25, 0.3) is 0 Å². The van der Waals surface area contributed by atoms with E-state index in [1.165, 1.54) is 23.1 Å². The first kappa shape index (κ1) is 18.3. The molecule has 0 heterocycles. The molecule has 2 aromatic carbocycles. The van der Waals surface area contributed by atoms with E-state index < -0.39 is 10.0 Å². The lowest BCUT2D eigenvalue weighted by atomic mass is 10.1. The molecule has 0 bridgehead atoms. The highest BCUT2D eigenvalue weighted by Gasteiger charge is 2.21. The van der Waals surface area contributed by atoms with E-state index in [1.807, 2.05) is 26.0 Å². The van der Waals surface area contributed by atoms with Crippen LogP contribution in [0.3, 0.4) is 0 Å². The van der Waals surface area contributed by atoms with Crippen LogP contribution in [0.15, 0.2) is 41.3 Å². The zero-order chi connectivity index (χ0) is 18.1. The predicted octanol–water partition coefficient (Wildman–Crippen LogP) is 3.46. The summed E-state index contributed by atoms with van der Waals surface area (Å²) < 4.78 is 27.9. The molecule has 0 aliphatic heterocycles. The Labute approximate surface area is 147 Å². The lowest BCUT2D eigenvalue weighted by molar-refractivity contribution is 0.0827. The van der Waals surface area contributed by atoms with Gasteiger partial charge in [0.15, 0.2) is 0 Å². The van der Waals surface area contributed by atoms with E-state index in [0.29, 0.717) is 5.69 Å². The van der Waals surface area contributed by atoms with Gasteiger partial charge in [-0.05, 0) is 43.7 Å². The molecule has 0 fully saturated rings. The molecular formula is C17H19ClN2O3S. The van der Waals surface area contributed by atoms with Crippen molar-refractivity contribution >= 4 is 33.2 Å². The van der Waals surface area contributed by atoms with Gasteiger partial charge in [-0.2, -0.15) is 0 Å². The number of anilines is 1. The molecule has 1 N–H and O–H groups in total. The Morgan fingerprint density at radius 2 is 1.75 bits per heavy atom. The van der Waals surface area contributed by atoms with Gasteiger partial charge in [-0.25, -0.2) is 8.42 Å². The Balaban J connectivity index is 2.45. The predicted molar refractivity (Wildman–Crippen MR) is 96.2 cm³/mol. The van der Waals surface area contributed by atoms with E-state index in [1.54, 1.807) is 20.2 Å². The fourth-order valence-electron chi connectivity index (χ4n) is 2.23. The standard InChI is InChI=1S/C17H19ClN2O3S/c1-11-5-8-15(12(2)9-11)19-24(22,23)16-10-13(6-7-14(16)18)17(21)20(3)4/h5-10,19H,1-4H3. The zero-order valence-electron chi connectivity index (χ0n) is 13.9. The minimum Gasteiger partial charge on any atom is -0.345 e. The normalized spacial score (nSPS) is 11.2. The van der Waals surface area contributed by atoms with Crippen molar-refractivity contribution in [1.82, 2.24) is 4.90 Å². The summed E-state index contributed by atoms with van der Waals surface area (Å²) >= 11 is 6.05. The molecule has 0 spiro atoms. The quantitative estimate of drug-likeness (QED) is 0.901. The molecule has 2 aromatic rings. The maximum Gasteiger partial charge on any atom is 0.263 e. The van der Waals surface area contributed by atoms with Crippen molar-refractivity contribution in [2.75, 3.05) is 18.8 Å². The molecule has 0 unspecified atom stereocenters. The fourth-order valence-corrected chi connectivity index (χ4v) is 3.89. The number of hydrogen-bond acceptors (Lipinski definition) is 3. The first-order valence-electron chi connectivity index (χ1n) is 7.23. The third-order valence-corrected chi connectivity index (χ3v) is 5.35. The van der Waals surface area contributed by atoms with Crippen molar-refractivity contribution in [2.45, 2.75) is 18.7 Å². The summed E-state index contributed by atoms with van der Waals surface area (Å²) in [5, 5.41) is 0.0579. The van der Waals surface area contributed by atoms with Crippen molar-refractivity contribution in [3.8, 4) is 0 Å². The van der Waals surface area contributed by atoms with Crippen LogP contribution in [-0.4, -0.2) is 33.3 Å². The maximum atomic E-state index is 12.7. The second-order valence-corrected chi connectivity index (χ2v) is 7.83. The summed E-state index contributed by atoms with van der Waals surface area (Å²) in [4.78, 5) is 13.3. The lowest BCUT2D eigenvalue weighted by Crippen LogP contribution is -2.22. The monoisotopic (exact) mass is 366 g/mol. The molecular weight excluding hydrogens is 348 g/mol. The van der Waals surface area contributed by atoms with Crippen LogP contribution in [0.1, 0.15) is 21.5 Å². The Morgan fingerprint density at radius 1 is 1.08 bits per heavy atom.